The van der Waals surface area contributed by atoms with Crippen LogP contribution >= 0.6 is 0 Å². The van der Waals surface area contributed by atoms with Gasteiger partial charge in [-0.05, 0) is 31.4 Å². The zero-order valence-corrected chi connectivity index (χ0v) is 9.98. The number of rotatable bonds is 2. The van der Waals surface area contributed by atoms with Gasteiger partial charge in [-0.1, -0.05) is 6.92 Å². The van der Waals surface area contributed by atoms with Crippen LogP contribution in [0.25, 0.3) is 5.52 Å². The van der Waals surface area contributed by atoms with E-state index in [9.17, 15) is 15.0 Å². The van der Waals surface area contributed by atoms with Crippen LogP contribution in [0.4, 0.5) is 0 Å². The fourth-order valence-electron chi connectivity index (χ4n) is 2.20. The van der Waals surface area contributed by atoms with Gasteiger partial charge in [0.1, 0.15) is 5.56 Å². The second-order valence-electron chi connectivity index (χ2n) is 4.04. The molecule has 0 aliphatic rings. The zero-order valence-electron chi connectivity index (χ0n) is 9.98. The zero-order chi connectivity index (χ0) is 12.7. The molecule has 0 saturated carbocycles. The van der Waals surface area contributed by atoms with E-state index in [4.69, 9.17) is 0 Å². The highest BCUT2D eigenvalue weighted by Crippen LogP contribution is 2.27. The molecule has 0 fully saturated rings. The topological polar surface area (TPSA) is 74.8 Å². The van der Waals surface area contributed by atoms with Crippen molar-refractivity contribution in [2.75, 3.05) is 0 Å². The van der Waals surface area contributed by atoms with Crippen molar-refractivity contribution in [1.29, 1.82) is 0 Å². The molecule has 0 saturated heterocycles. The van der Waals surface area contributed by atoms with Crippen LogP contribution in [0.3, 0.4) is 0 Å². The molecule has 0 aliphatic carbocycles. The molecule has 5 nitrogen and oxygen atoms in total. The minimum Gasteiger partial charge on any atom is -0.493 e. The predicted octanol–water partition coefficient (Wildman–Crippen LogP) is 1.92. The summed E-state index contributed by atoms with van der Waals surface area (Å²) in [5, 5.41) is 23.1. The van der Waals surface area contributed by atoms with E-state index in [1.54, 1.807) is 13.0 Å². The standard InChI is InChI=1S/C12H14N2O3/c1-4-8-6(2)5-9(15)14-11(8)10(12(16)17)7(3)13-14/h5,15H,4H2,1-3H3,(H,16,17). The van der Waals surface area contributed by atoms with Crippen LogP contribution in [0.5, 0.6) is 5.88 Å². The van der Waals surface area contributed by atoms with Crippen molar-refractivity contribution in [1.82, 2.24) is 9.61 Å². The van der Waals surface area contributed by atoms with Crippen molar-refractivity contribution in [2.24, 2.45) is 0 Å². The summed E-state index contributed by atoms with van der Waals surface area (Å²) in [5.74, 6) is -1.05. The molecule has 0 aromatic carbocycles. The lowest BCUT2D eigenvalue weighted by Crippen LogP contribution is -2.02. The van der Waals surface area contributed by atoms with Gasteiger partial charge < -0.3 is 10.2 Å². The Kier molecular flexibility index (Phi) is 2.53. The molecule has 2 aromatic rings. The van der Waals surface area contributed by atoms with Crippen LogP contribution in [0.2, 0.25) is 0 Å². The Bertz CT molecular complexity index is 614. The maximum absolute atomic E-state index is 11.3. The van der Waals surface area contributed by atoms with E-state index in [1.807, 2.05) is 13.8 Å². The summed E-state index contributed by atoms with van der Waals surface area (Å²) in [6, 6.07) is 1.60. The molecular formula is C12H14N2O3. The molecular weight excluding hydrogens is 220 g/mol. The molecule has 2 heterocycles. The Morgan fingerprint density at radius 1 is 1.47 bits per heavy atom. The van der Waals surface area contributed by atoms with Crippen LogP contribution in [0, 0.1) is 13.8 Å². The molecule has 90 valence electrons. The number of aromatic carboxylic acids is 1. The van der Waals surface area contributed by atoms with Crippen molar-refractivity contribution < 1.29 is 15.0 Å². The number of hydrogen-bond donors (Lipinski definition) is 2. The van der Waals surface area contributed by atoms with Crippen molar-refractivity contribution in [3.8, 4) is 5.88 Å². The number of carbonyl (C=O) groups is 1. The Hall–Kier alpha value is -2.04. The third-order valence-corrected chi connectivity index (χ3v) is 2.95. The summed E-state index contributed by atoms with van der Waals surface area (Å²) in [6.45, 7) is 5.44. The molecule has 0 amide bonds. The largest absolute Gasteiger partial charge is 0.493 e. The molecule has 0 bridgehead atoms. The van der Waals surface area contributed by atoms with E-state index < -0.39 is 5.97 Å². The van der Waals surface area contributed by atoms with Gasteiger partial charge in [0, 0.05) is 6.07 Å². The highest BCUT2D eigenvalue weighted by Gasteiger charge is 2.21. The molecule has 2 rings (SSSR count). The average molecular weight is 234 g/mol. The van der Waals surface area contributed by atoms with Gasteiger partial charge in [0.25, 0.3) is 0 Å². The monoisotopic (exact) mass is 234 g/mol. The number of fused-ring (bicyclic) bond motifs is 1. The molecule has 2 N–H and O–H groups in total. The minimum absolute atomic E-state index is 0.0368. The maximum Gasteiger partial charge on any atom is 0.339 e. The molecule has 2 aromatic heterocycles. The molecule has 17 heavy (non-hydrogen) atoms. The maximum atomic E-state index is 11.3. The number of aryl methyl sites for hydroxylation is 3. The van der Waals surface area contributed by atoms with E-state index >= 15 is 0 Å². The fraction of sp³-hybridized carbons (Fsp3) is 0.333. The van der Waals surface area contributed by atoms with E-state index in [0.29, 0.717) is 17.6 Å². The quantitative estimate of drug-likeness (QED) is 0.832. The Morgan fingerprint density at radius 2 is 2.12 bits per heavy atom. The predicted molar refractivity (Wildman–Crippen MR) is 62.7 cm³/mol. The Morgan fingerprint density at radius 3 is 2.65 bits per heavy atom. The number of hydrogen-bond acceptors (Lipinski definition) is 3. The van der Waals surface area contributed by atoms with Gasteiger partial charge in [-0.2, -0.15) is 9.61 Å². The van der Waals surface area contributed by atoms with E-state index in [0.717, 1.165) is 11.1 Å². The van der Waals surface area contributed by atoms with Gasteiger partial charge >= 0.3 is 5.97 Å². The van der Waals surface area contributed by atoms with Crippen LogP contribution in [-0.4, -0.2) is 25.8 Å². The molecule has 0 atom stereocenters. The highest BCUT2D eigenvalue weighted by atomic mass is 16.4. The smallest absolute Gasteiger partial charge is 0.339 e. The first-order valence-electron chi connectivity index (χ1n) is 5.41. The van der Waals surface area contributed by atoms with Crippen molar-refractivity contribution >= 4 is 11.5 Å². The van der Waals surface area contributed by atoms with Crippen molar-refractivity contribution in [3.05, 3.63) is 28.5 Å². The lowest BCUT2D eigenvalue weighted by molar-refractivity contribution is 0.0698. The molecule has 5 heteroatoms. The van der Waals surface area contributed by atoms with Gasteiger partial charge in [-0.15, -0.1) is 0 Å². The number of pyridine rings is 1. The minimum atomic E-state index is -1.02. The van der Waals surface area contributed by atoms with Crippen LogP contribution in [0.15, 0.2) is 6.07 Å². The van der Waals surface area contributed by atoms with Gasteiger partial charge in [-0.25, -0.2) is 4.79 Å². The van der Waals surface area contributed by atoms with Crippen molar-refractivity contribution in [2.45, 2.75) is 27.2 Å². The molecule has 0 spiro atoms. The number of aromatic hydroxyl groups is 1. The van der Waals surface area contributed by atoms with Gasteiger partial charge in [0.05, 0.1) is 11.2 Å². The number of nitrogens with zero attached hydrogens (tertiary/aromatic N) is 2. The molecule has 0 unspecified atom stereocenters. The first-order chi connectivity index (χ1) is 7.97. The third-order valence-electron chi connectivity index (χ3n) is 2.95. The number of aromatic nitrogens is 2. The van der Waals surface area contributed by atoms with Gasteiger partial charge in [-0.3, -0.25) is 0 Å². The second-order valence-corrected chi connectivity index (χ2v) is 4.04. The summed E-state index contributed by atoms with van der Waals surface area (Å²) in [7, 11) is 0. The lowest BCUT2D eigenvalue weighted by Gasteiger charge is -2.08. The molecule has 0 radical (unpaired) electrons. The van der Waals surface area contributed by atoms with Gasteiger partial charge in [0.2, 0.25) is 5.88 Å². The summed E-state index contributed by atoms with van der Waals surface area (Å²) >= 11 is 0. The Balaban J connectivity index is 3.01. The van der Waals surface area contributed by atoms with Crippen LogP contribution in [-0.2, 0) is 6.42 Å². The second kappa shape index (κ2) is 3.76. The fourth-order valence-corrected chi connectivity index (χ4v) is 2.20. The summed E-state index contributed by atoms with van der Waals surface area (Å²) in [4.78, 5) is 11.3. The Labute approximate surface area is 98.3 Å². The first-order valence-corrected chi connectivity index (χ1v) is 5.41. The average Bonchev–Trinajstić information content (AvgIpc) is 2.56. The SMILES string of the molecule is CCc1c(C)cc(O)n2nc(C)c(C(=O)O)c12. The van der Waals surface area contributed by atoms with Crippen molar-refractivity contribution in [3.63, 3.8) is 0 Å². The van der Waals surface area contributed by atoms with E-state index in [1.165, 1.54) is 4.52 Å². The van der Waals surface area contributed by atoms with Crippen LogP contribution < -0.4 is 0 Å². The van der Waals surface area contributed by atoms with E-state index in [2.05, 4.69) is 5.10 Å². The van der Waals surface area contributed by atoms with E-state index in [-0.39, 0.29) is 11.4 Å². The normalized spacial score (nSPS) is 11.0. The van der Waals surface area contributed by atoms with Crippen LogP contribution in [0.1, 0.15) is 34.1 Å². The third kappa shape index (κ3) is 1.54. The summed E-state index contributed by atoms with van der Waals surface area (Å²) in [5.41, 5.74) is 2.85. The first kappa shape index (κ1) is 11.4. The highest BCUT2D eigenvalue weighted by molar-refractivity contribution is 5.98. The number of carboxylic acids is 1. The lowest BCUT2D eigenvalue weighted by atomic mass is 10.0. The summed E-state index contributed by atoms with van der Waals surface area (Å²) in [6.07, 6.45) is 0.695. The molecule has 0 aliphatic heterocycles. The summed E-state index contributed by atoms with van der Waals surface area (Å²) < 4.78 is 1.30. The van der Waals surface area contributed by atoms with Gasteiger partial charge in [0.15, 0.2) is 0 Å². The number of carboxylic acid groups (broad SMARTS) is 1.